The molecule has 0 aromatic carbocycles. The van der Waals surface area contributed by atoms with E-state index in [2.05, 4.69) is 0 Å². The van der Waals surface area contributed by atoms with Gasteiger partial charge in [0.05, 0.1) is 37.6 Å². The number of carbonyl (C=O) groups excluding carboxylic acids is 2. The number of aliphatic carboxylic acids is 8. The Morgan fingerprint density at radius 1 is 0.500 bits per heavy atom. The summed E-state index contributed by atoms with van der Waals surface area (Å²) in [6.07, 6.45) is -3.81. The second-order valence-electron chi connectivity index (χ2n) is 5.93. The van der Waals surface area contributed by atoms with Crippen LogP contribution in [0.1, 0.15) is 25.7 Å². The summed E-state index contributed by atoms with van der Waals surface area (Å²) in [5.41, 5.74) is -5.48. The second kappa shape index (κ2) is 20.6. The zero-order chi connectivity index (χ0) is 27.9. The minimum atomic E-state index is -2.74. The molecule has 0 atom stereocenters. The van der Waals surface area contributed by atoms with E-state index >= 15 is 0 Å². The van der Waals surface area contributed by atoms with Gasteiger partial charge >= 0.3 is 94.9 Å². The topological polar surface area (TPSA) is 345 Å². The normalized spacial score (nSPS) is 9.94. The molecule has 0 saturated carbocycles. The molecule has 0 heterocycles. The van der Waals surface area contributed by atoms with E-state index in [0.717, 1.165) is 0 Å². The van der Waals surface area contributed by atoms with E-state index < -0.39 is 84.6 Å². The maximum Gasteiger partial charge on any atom is 1.00 e. The zero-order valence-corrected chi connectivity index (χ0v) is 22.6. The fraction of sp³-hybridized carbons (Fsp3) is 0.375. The molecule has 8 N–H and O–H groups in total. The number of carboxylic acid groups (broad SMARTS) is 8. The standard InChI is InChI=1S/2C6H8O7.C4H4O4.2Na/c2*7-3(8)1-6(13,5(11)12)2-4(9)10;5-3(6)1-2-4(7)8;;/h2*13H,1-2H2,(H,7,8)(H,9,10)(H,11,12);1-2H,(H,5,6)(H,7,8);;/q;;;2*+1/p-2/b;;2-1-;;. The van der Waals surface area contributed by atoms with Gasteiger partial charge in [-0.05, 0) is 12.2 Å². The number of carboxylic acids is 8. The summed E-state index contributed by atoms with van der Waals surface area (Å²) >= 11 is 0. The molecule has 0 rings (SSSR count). The van der Waals surface area contributed by atoms with Crippen molar-refractivity contribution in [3.8, 4) is 0 Å². The maximum atomic E-state index is 10.3. The van der Waals surface area contributed by atoms with Gasteiger partial charge < -0.3 is 60.7 Å². The number of hydrogen-bond donors (Lipinski definition) is 8. The van der Waals surface area contributed by atoms with Crippen LogP contribution in [-0.4, -0.2) is 99.8 Å². The van der Waals surface area contributed by atoms with Crippen molar-refractivity contribution in [1.82, 2.24) is 0 Å². The first-order valence-electron chi connectivity index (χ1n) is 8.07. The van der Waals surface area contributed by atoms with E-state index in [1.807, 2.05) is 0 Å². The molecule has 36 heavy (non-hydrogen) atoms. The van der Waals surface area contributed by atoms with Crippen LogP contribution in [0, 0.1) is 0 Å². The van der Waals surface area contributed by atoms with Gasteiger partial charge in [0.25, 0.3) is 0 Å². The van der Waals surface area contributed by atoms with E-state index in [1.54, 1.807) is 0 Å². The van der Waals surface area contributed by atoms with Crippen LogP contribution < -0.4 is 69.3 Å². The monoisotopic (exact) mass is 544 g/mol. The van der Waals surface area contributed by atoms with Crippen LogP contribution in [0.3, 0.4) is 0 Å². The van der Waals surface area contributed by atoms with Gasteiger partial charge in [0.15, 0.2) is 11.2 Å². The van der Waals surface area contributed by atoms with Gasteiger partial charge in [-0.2, -0.15) is 0 Å². The van der Waals surface area contributed by atoms with Crippen molar-refractivity contribution in [3.05, 3.63) is 12.2 Å². The summed E-state index contributed by atoms with van der Waals surface area (Å²) in [7, 11) is 0. The minimum absolute atomic E-state index is 0. The van der Waals surface area contributed by atoms with Crippen molar-refractivity contribution in [2.45, 2.75) is 36.9 Å². The molecule has 0 aromatic heterocycles. The third kappa shape index (κ3) is 24.5. The van der Waals surface area contributed by atoms with Gasteiger partial charge in [0, 0.05) is 0 Å². The Kier molecular flexibility index (Phi) is 24.9. The molecule has 0 aliphatic rings. The fourth-order valence-corrected chi connectivity index (χ4v) is 1.56. The molecule has 18 nitrogen and oxygen atoms in total. The van der Waals surface area contributed by atoms with Crippen LogP contribution in [0.5, 0.6) is 0 Å². The molecular weight excluding hydrogens is 526 g/mol. The first kappa shape index (κ1) is 43.5. The van der Waals surface area contributed by atoms with Crippen LogP contribution in [0.4, 0.5) is 0 Å². The van der Waals surface area contributed by atoms with Crippen LogP contribution >= 0.6 is 0 Å². The molecule has 0 fully saturated rings. The number of carbonyl (C=O) groups is 8. The van der Waals surface area contributed by atoms with Crippen LogP contribution in [0.15, 0.2) is 12.2 Å². The van der Waals surface area contributed by atoms with Gasteiger partial charge in [-0.15, -0.1) is 0 Å². The summed E-state index contributed by atoms with van der Waals surface area (Å²) < 4.78 is 0. The first-order valence-corrected chi connectivity index (χ1v) is 8.07. The smallest absolute Gasteiger partial charge is 0.545 e. The molecule has 0 aliphatic carbocycles. The summed E-state index contributed by atoms with van der Waals surface area (Å²) in [6, 6.07) is 0. The summed E-state index contributed by atoms with van der Waals surface area (Å²) in [5.74, 6) is -13.1. The molecule has 192 valence electrons. The van der Waals surface area contributed by atoms with Gasteiger partial charge in [0.1, 0.15) is 0 Å². The molecule has 0 spiro atoms. The summed E-state index contributed by atoms with van der Waals surface area (Å²) in [4.78, 5) is 79.8. The van der Waals surface area contributed by atoms with E-state index in [1.165, 1.54) is 0 Å². The van der Waals surface area contributed by atoms with Crippen molar-refractivity contribution in [3.63, 3.8) is 0 Å². The molecule has 0 aromatic rings. The third-order valence-corrected chi connectivity index (χ3v) is 2.93. The predicted octanol–water partition coefficient (Wildman–Crippen LogP) is -11.4. The van der Waals surface area contributed by atoms with Crippen LogP contribution in [0.25, 0.3) is 0 Å². The Morgan fingerprint density at radius 3 is 0.750 bits per heavy atom. The van der Waals surface area contributed by atoms with E-state index in [4.69, 9.17) is 40.9 Å². The second-order valence-corrected chi connectivity index (χ2v) is 5.93. The Labute approximate surface area is 244 Å². The molecule has 0 bridgehead atoms. The first-order chi connectivity index (χ1) is 15.2. The molecule has 0 radical (unpaired) electrons. The summed E-state index contributed by atoms with van der Waals surface area (Å²) in [6.45, 7) is 0. The van der Waals surface area contributed by atoms with Crippen molar-refractivity contribution >= 4 is 47.8 Å². The third-order valence-electron chi connectivity index (χ3n) is 2.93. The molecular formula is C16H18Na2O18. The SMILES string of the molecule is O=C(O)CC(O)(CC(=O)O)C(=O)O.O=C(O)CC(O)(CC(=O)O)C(=O)O.O=C([O-])/C=C\C(=O)[O-].[Na+].[Na+]. The Balaban J connectivity index is -0.000000134. The molecule has 0 aliphatic heterocycles. The van der Waals surface area contributed by atoms with Crippen molar-refractivity contribution in [2.75, 3.05) is 0 Å². The van der Waals surface area contributed by atoms with Gasteiger partial charge in [-0.3, -0.25) is 19.2 Å². The van der Waals surface area contributed by atoms with E-state index in [-0.39, 0.29) is 59.1 Å². The van der Waals surface area contributed by atoms with Crippen molar-refractivity contribution in [2.24, 2.45) is 0 Å². The molecule has 20 heteroatoms. The Bertz CT molecular complexity index is 748. The van der Waals surface area contributed by atoms with Crippen molar-refractivity contribution < 1.29 is 149 Å². The fourth-order valence-electron chi connectivity index (χ4n) is 1.56. The molecule has 0 unspecified atom stereocenters. The average Bonchev–Trinajstić information content (AvgIpc) is 2.57. The Morgan fingerprint density at radius 2 is 0.667 bits per heavy atom. The van der Waals surface area contributed by atoms with Crippen LogP contribution in [0.2, 0.25) is 0 Å². The van der Waals surface area contributed by atoms with Crippen LogP contribution in [-0.2, 0) is 38.4 Å². The number of rotatable bonds is 12. The van der Waals surface area contributed by atoms with E-state index in [9.17, 15) is 48.6 Å². The Hall–Kier alpha value is -2.58. The van der Waals surface area contributed by atoms with Gasteiger partial charge in [-0.25, -0.2) is 9.59 Å². The molecule has 0 amide bonds. The largest absolute Gasteiger partial charge is 1.00 e. The predicted molar refractivity (Wildman–Crippen MR) is 93.3 cm³/mol. The van der Waals surface area contributed by atoms with Gasteiger partial charge in [-0.1, -0.05) is 0 Å². The number of hydrogen-bond acceptors (Lipinski definition) is 12. The number of aliphatic hydroxyl groups is 2. The van der Waals surface area contributed by atoms with Crippen molar-refractivity contribution in [1.29, 1.82) is 0 Å². The quantitative estimate of drug-likeness (QED) is 0.0834. The molecule has 0 saturated heterocycles. The maximum absolute atomic E-state index is 10.3. The minimum Gasteiger partial charge on any atom is -0.545 e. The summed E-state index contributed by atoms with van der Waals surface area (Å²) in [5, 5.41) is 86.5. The van der Waals surface area contributed by atoms with E-state index in [0.29, 0.717) is 12.2 Å². The zero-order valence-electron chi connectivity index (χ0n) is 18.6. The average molecular weight is 544 g/mol. The van der Waals surface area contributed by atoms with Gasteiger partial charge in [0.2, 0.25) is 0 Å².